The van der Waals surface area contributed by atoms with Crippen LogP contribution in [0.5, 0.6) is 0 Å². The van der Waals surface area contributed by atoms with Crippen LogP contribution in [0, 0.1) is 13.8 Å². The second kappa shape index (κ2) is 9.99. The van der Waals surface area contributed by atoms with Gasteiger partial charge in [-0.3, -0.25) is 19.5 Å². The minimum absolute atomic E-state index is 0.110. The molecule has 3 aromatic rings. The fraction of sp³-hybridized carbons (Fsp3) is 0.375. The van der Waals surface area contributed by atoms with E-state index in [9.17, 15) is 9.59 Å². The summed E-state index contributed by atoms with van der Waals surface area (Å²) in [6, 6.07) is 10.4. The summed E-state index contributed by atoms with van der Waals surface area (Å²) in [6.45, 7) is 3.95. The van der Waals surface area contributed by atoms with Crippen LogP contribution in [-0.4, -0.2) is 32.4 Å². The van der Waals surface area contributed by atoms with Crippen molar-refractivity contribution in [2.75, 3.05) is 4.90 Å². The topological polar surface area (TPSA) is 88.1 Å². The van der Waals surface area contributed by atoms with Crippen molar-refractivity contribution in [1.29, 1.82) is 0 Å². The number of carbonyl (C=O) groups is 2. The van der Waals surface area contributed by atoms with Crippen LogP contribution < -0.4 is 10.2 Å². The molecule has 4 rings (SSSR count). The maximum Gasteiger partial charge on any atom is 0.280 e. The number of carbonyl (C=O) groups excluding carboxylic acids is 2. The first-order valence-electron chi connectivity index (χ1n) is 10.9. The molecule has 0 radical (unpaired) electrons. The first kappa shape index (κ1) is 22.1. The molecular formula is C24H27N5O2S. The van der Waals surface area contributed by atoms with Crippen LogP contribution in [0.4, 0.5) is 5.69 Å². The fourth-order valence-corrected chi connectivity index (χ4v) is 4.62. The Labute approximate surface area is 192 Å². The van der Waals surface area contributed by atoms with Crippen molar-refractivity contribution in [2.24, 2.45) is 0 Å². The molecule has 1 fully saturated rings. The highest BCUT2D eigenvalue weighted by Gasteiger charge is 2.37. The molecule has 1 aliphatic rings. The second-order valence-corrected chi connectivity index (χ2v) is 8.79. The van der Waals surface area contributed by atoms with E-state index in [0.717, 1.165) is 48.3 Å². The Morgan fingerprint density at radius 2 is 1.91 bits per heavy atom. The van der Waals surface area contributed by atoms with Crippen LogP contribution in [-0.2, 0) is 4.79 Å². The maximum atomic E-state index is 13.7. The molecule has 0 spiro atoms. The third kappa shape index (κ3) is 4.70. The highest BCUT2D eigenvalue weighted by atomic mass is 32.1. The monoisotopic (exact) mass is 449 g/mol. The Morgan fingerprint density at radius 1 is 1.09 bits per heavy atom. The van der Waals surface area contributed by atoms with Crippen molar-refractivity contribution in [3.05, 3.63) is 70.5 Å². The number of nitrogens with zero attached hydrogens (tertiary/aromatic N) is 4. The number of pyridine rings is 1. The molecule has 1 saturated carbocycles. The number of benzene rings is 1. The molecule has 0 unspecified atom stereocenters. The van der Waals surface area contributed by atoms with Crippen LogP contribution in [0.15, 0.2) is 48.0 Å². The molecule has 0 saturated heterocycles. The smallest absolute Gasteiger partial charge is 0.280 e. The lowest BCUT2D eigenvalue weighted by Gasteiger charge is -2.33. The molecular weight excluding hydrogens is 422 g/mol. The summed E-state index contributed by atoms with van der Waals surface area (Å²) in [6.07, 6.45) is 6.95. The first-order chi connectivity index (χ1) is 15.6. The van der Waals surface area contributed by atoms with Gasteiger partial charge < -0.3 is 5.32 Å². The third-order valence-electron chi connectivity index (χ3n) is 6.06. The zero-order chi connectivity index (χ0) is 22.5. The van der Waals surface area contributed by atoms with Crippen LogP contribution in [0.1, 0.15) is 65.5 Å². The molecule has 32 heavy (non-hydrogen) atoms. The van der Waals surface area contributed by atoms with E-state index in [0.29, 0.717) is 11.4 Å². The summed E-state index contributed by atoms with van der Waals surface area (Å²) in [4.78, 5) is 33.4. The van der Waals surface area contributed by atoms with E-state index in [-0.39, 0.29) is 23.6 Å². The average Bonchev–Trinajstić information content (AvgIpc) is 3.35. The summed E-state index contributed by atoms with van der Waals surface area (Å²) < 4.78 is 3.86. The molecule has 1 N–H and O–H groups in total. The molecule has 166 valence electrons. The van der Waals surface area contributed by atoms with Gasteiger partial charge in [0.15, 0.2) is 11.7 Å². The van der Waals surface area contributed by atoms with E-state index >= 15 is 0 Å². The first-order valence-corrected chi connectivity index (χ1v) is 11.8. The van der Waals surface area contributed by atoms with Crippen molar-refractivity contribution >= 4 is 29.0 Å². The highest BCUT2D eigenvalue weighted by molar-refractivity contribution is 7.03. The average molecular weight is 450 g/mol. The summed E-state index contributed by atoms with van der Waals surface area (Å²) in [5.41, 5.74) is 3.35. The van der Waals surface area contributed by atoms with Crippen LogP contribution in [0.2, 0.25) is 0 Å². The number of aryl methyl sites for hydroxylation is 1. The number of aromatic nitrogens is 3. The lowest BCUT2D eigenvalue weighted by molar-refractivity contribution is -0.123. The molecule has 7 nitrogen and oxygen atoms in total. The predicted octanol–water partition coefficient (Wildman–Crippen LogP) is 4.39. The summed E-state index contributed by atoms with van der Waals surface area (Å²) in [5.74, 6) is -0.602. The van der Waals surface area contributed by atoms with E-state index in [1.165, 1.54) is 11.3 Å². The van der Waals surface area contributed by atoms with Gasteiger partial charge in [0, 0.05) is 23.3 Å². The predicted molar refractivity (Wildman–Crippen MR) is 125 cm³/mol. The lowest BCUT2D eigenvalue weighted by Crippen LogP contribution is -2.48. The maximum absolute atomic E-state index is 13.7. The quantitative estimate of drug-likeness (QED) is 0.603. The molecule has 8 heteroatoms. The van der Waals surface area contributed by atoms with Gasteiger partial charge in [0.1, 0.15) is 0 Å². The second-order valence-electron chi connectivity index (χ2n) is 8.19. The molecule has 2 aromatic heterocycles. The Hall–Kier alpha value is -3.13. The Morgan fingerprint density at radius 3 is 2.59 bits per heavy atom. The van der Waals surface area contributed by atoms with E-state index in [2.05, 4.69) is 19.9 Å². The summed E-state index contributed by atoms with van der Waals surface area (Å²) in [7, 11) is 0. The Bertz CT molecular complexity index is 1070. The third-order valence-corrected chi connectivity index (χ3v) is 6.56. The fourth-order valence-electron chi connectivity index (χ4n) is 4.19. The normalized spacial score (nSPS) is 15.2. The highest BCUT2D eigenvalue weighted by Crippen LogP contribution is 2.33. The molecule has 2 amide bonds. The largest absolute Gasteiger partial charge is 0.351 e. The van der Waals surface area contributed by atoms with Gasteiger partial charge in [0.05, 0.1) is 5.69 Å². The number of nitrogens with one attached hydrogen (secondary N) is 1. The lowest BCUT2D eigenvalue weighted by atomic mass is 9.95. The van der Waals surface area contributed by atoms with Crippen LogP contribution in [0.25, 0.3) is 0 Å². The van der Waals surface area contributed by atoms with Crippen molar-refractivity contribution in [2.45, 2.75) is 58.0 Å². The number of hydrogen-bond acceptors (Lipinski definition) is 6. The van der Waals surface area contributed by atoms with Crippen molar-refractivity contribution in [3.8, 4) is 0 Å². The van der Waals surface area contributed by atoms with Crippen molar-refractivity contribution in [3.63, 3.8) is 0 Å². The Balaban J connectivity index is 1.81. The Kier molecular flexibility index (Phi) is 6.90. The summed E-state index contributed by atoms with van der Waals surface area (Å²) in [5, 5.41) is 8.79. The SMILES string of the molecule is Cc1cccc(N(C(=O)c2csnn2)[C@@H](C(=O)NC2CCCCC2)c2ccccn2)c1C. The van der Waals surface area contributed by atoms with E-state index in [1.54, 1.807) is 23.7 Å². The van der Waals surface area contributed by atoms with Gasteiger partial charge in [-0.2, -0.15) is 0 Å². The van der Waals surface area contributed by atoms with Gasteiger partial charge in [-0.25, -0.2) is 0 Å². The van der Waals surface area contributed by atoms with Gasteiger partial charge in [-0.1, -0.05) is 41.9 Å². The molecule has 1 aliphatic carbocycles. The number of anilines is 1. The number of hydrogen-bond donors (Lipinski definition) is 1. The van der Waals surface area contributed by atoms with Gasteiger partial charge in [-0.15, -0.1) is 5.10 Å². The molecule has 0 aliphatic heterocycles. The zero-order valence-electron chi connectivity index (χ0n) is 18.3. The minimum atomic E-state index is -0.923. The molecule has 2 heterocycles. The van der Waals surface area contributed by atoms with Gasteiger partial charge in [-0.05, 0) is 67.5 Å². The molecule has 1 aromatic carbocycles. The van der Waals surface area contributed by atoms with Crippen LogP contribution >= 0.6 is 11.5 Å². The molecule has 0 bridgehead atoms. The standard InChI is InChI=1S/C24H27N5O2S/c1-16-9-8-13-21(17(16)2)29(24(31)20-15-32-28-27-20)22(19-12-6-7-14-25-19)23(30)26-18-10-4-3-5-11-18/h6-9,12-15,18,22H,3-5,10-11H2,1-2H3,(H,26,30)/t22-/m1/s1. The molecule has 1 atom stereocenters. The van der Waals surface area contributed by atoms with Gasteiger partial charge in [0.2, 0.25) is 5.91 Å². The number of amides is 2. The van der Waals surface area contributed by atoms with Crippen molar-refractivity contribution < 1.29 is 9.59 Å². The van der Waals surface area contributed by atoms with E-state index in [1.807, 2.05) is 38.1 Å². The number of rotatable bonds is 6. The van der Waals surface area contributed by atoms with E-state index < -0.39 is 6.04 Å². The van der Waals surface area contributed by atoms with Crippen molar-refractivity contribution in [1.82, 2.24) is 19.9 Å². The van der Waals surface area contributed by atoms with Gasteiger partial charge >= 0.3 is 0 Å². The van der Waals surface area contributed by atoms with Gasteiger partial charge in [0.25, 0.3) is 5.91 Å². The zero-order valence-corrected chi connectivity index (χ0v) is 19.1. The summed E-state index contributed by atoms with van der Waals surface area (Å²) >= 11 is 1.11. The minimum Gasteiger partial charge on any atom is -0.351 e. The van der Waals surface area contributed by atoms with E-state index in [4.69, 9.17) is 0 Å². The van der Waals surface area contributed by atoms with Crippen LogP contribution in [0.3, 0.4) is 0 Å².